The number of aliphatic hydroxyl groups is 1. The standard InChI is InChI=1S/C18H32N4O/c1-4-12-22(5-2)13-11-20-18(19-3)21-14-17(15-23)16-9-7-6-8-10-16/h6-10,17,23H,4-5,11-15H2,1-3H3,(H2,19,20,21). The summed E-state index contributed by atoms with van der Waals surface area (Å²) < 4.78 is 0. The molecule has 0 aromatic heterocycles. The number of guanidine groups is 1. The maximum Gasteiger partial charge on any atom is 0.191 e. The van der Waals surface area contributed by atoms with Crippen molar-refractivity contribution in [3.05, 3.63) is 35.9 Å². The highest BCUT2D eigenvalue weighted by Crippen LogP contribution is 2.13. The van der Waals surface area contributed by atoms with Gasteiger partial charge >= 0.3 is 0 Å². The van der Waals surface area contributed by atoms with E-state index in [1.807, 2.05) is 30.3 Å². The van der Waals surface area contributed by atoms with Crippen LogP contribution in [0.4, 0.5) is 0 Å². The fraction of sp³-hybridized carbons (Fsp3) is 0.611. The fourth-order valence-corrected chi connectivity index (χ4v) is 2.53. The summed E-state index contributed by atoms with van der Waals surface area (Å²) in [4.78, 5) is 6.67. The molecule has 0 aliphatic heterocycles. The van der Waals surface area contributed by atoms with Gasteiger partial charge in [0.2, 0.25) is 0 Å². The van der Waals surface area contributed by atoms with E-state index in [4.69, 9.17) is 0 Å². The van der Waals surface area contributed by atoms with Gasteiger partial charge in [0.1, 0.15) is 0 Å². The summed E-state index contributed by atoms with van der Waals surface area (Å²) >= 11 is 0. The van der Waals surface area contributed by atoms with E-state index >= 15 is 0 Å². The fourth-order valence-electron chi connectivity index (χ4n) is 2.53. The van der Waals surface area contributed by atoms with E-state index in [0.29, 0.717) is 6.54 Å². The van der Waals surface area contributed by atoms with Gasteiger partial charge in [-0.15, -0.1) is 0 Å². The van der Waals surface area contributed by atoms with Gasteiger partial charge in [0, 0.05) is 32.6 Å². The molecule has 1 rings (SSSR count). The first-order chi connectivity index (χ1) is 11.2. The summed E-state index contributed by atoms with van der Waals surface area (Å²) in [6.45, 7) is 9.24. The molecule has 0 radical (unpaired) electrons. The van der Waals surface area contributed by atoms with E-state index in [2.05, 4.69) is 34.4 Å². The largest absolute Gasteiger partial charge is 0.396 e. The molecule has 3 N–H and O–H groups in total. The van der Waals surface area contributed by atoms with Crippen LogP contribution in [0.2, 0.25) is 0 Å². The third-order valence-corrected chi connectivity index (χ3v) is 3.94. The van der Waals surface area contributed by atoms with Crippen molar-refractivity contribution in [1.82, 2.24) is 15.5 Å². The molecule has 1 unspecified atom stereocenters. The third kappa shape index (κ3) is 7.48. The number of hydrogen-bond acceptors (Lipinski definition) is 3. The average Bonchev–Trinajstić information content (AvgIpc) is 2.60. The van der Waals surface area contributed by atoms with Crippen LogP contribution < -0.4 is 10.6 Å². The Morgan fingerprint density at radius 1 is 1.17 bits per heavy atom. The van der Waals surface area contributed by atoms with Crippen LogP contribution in [0.1, 0.15) is 31.7 Å². The molecule has 0 aliphatic carbocycles. The van der Waals surface area contributed by atoms with E-state index in [1.54, 1.807) is 7.05 Å². The molecule has 0 fully saturated rings. The third-order valence-electron chi connectivity index (χ3n) is 3.94. The normalized spacial score (nSPS) is 13.2. The van der Waals surface area contributed by atoms with E-state index in [0.717, 1.165) is 37.7 Å². The molecule has 1 aromatic rings. The number of aliphatic imine (C=N–C) groups is 1. The molecule has 0 aliphatic rings. The number of likely N-dealkylation sites (N-methyl/N-ethyl adjacent to an activating group) is 1. The minimum atomic E-state index is 0.0713. The molecule has 0 heterocycles. The van der Waals surface area contributed by atoms with Crippen molar-refractivity contribution < 1.29 is 5.11 Å². The maximum atomic E-state index is 9.60. The molecule has 5 nitrogen and oxygen atoms in total. The monoisotopic (exact) mass is 320 g/mol. The number of hydrogen-bond donors (Lipinski definition) is 3. The van der Waals surface area contributed by atoms with Crippen LogP contribution in [0, 0.1) is 0 Å². The van der Waals surface area contributed by atoms with Crippen LogP contribution in [0.15, 0.2) is 35.3 Å². The summed E-state index contributed by atoms with van der Waals surface area (Å²) in [5, 5.41) is 16.2. The van der Waals surface area contributed by atoms with Gasteiger partial charge in [-0.3, -0.25) is 4.99 Å². The van der Waals surface area contributed by atoms with Gasteiger partial charge in [0.05, 0.1) is 6.61 Å². The zero-order valence-corrected chi connectivity index (χ0v) is 14.8. The van der Waals surface area contributed by atoms with Crippen LogP contribution in [-0.2, 0) is 0 Å². The Kier molecular flexibility index (Phi) is 10.1. The molecular formula is C18H32N4O. The summed E-state index contributed by atoms with van der Waals surface area (Å²) in [7, 11) is 1.77. The molecule has 1 aromatic carbocycles. The lowest BCUT2D eigenvalue weighted by atomic mass is 10.0. The summed E-state index contributed by atoms with van der Waals surface area (Å²) in [6.07, 6.45) is 1.18. The molecule has 130 valence electrons. The highest BCUT2D eigenvalue weighted by molar-refractivity contribution is 5.79. The number of nitrogens with one attached hydrogen (secondary N) is 2. The highest BCUT2D eigenvalue weighted by atomic mass is 16.3. The van der Waals surface area contributed by atoms with Gasteiger partial charge in [-0.25, -0.2) is 0 Å². The van der Waals surface area contributed by atoms with Gasteiger partial charge in [-0.1, -0.05) is 44.2 Å². The van der Waals surface area contributed by atoms with Crippen LogP contribution in [0.25, 0.3) is 0 Å². The second kappa shape index (κ2) is 11.9. The van der Waals surface area contributed by atoms with Crippen molar-refractivity contribution in [3.8, 4) is 0 Å². The van der Waals surface area contributed by atoms with E-state index < -0.39 is 0 Å². The molecule has 5 heteroatoms. The number of benzene rings is 1. The zero-order valence-electron chi connectivity index (χ0n) is 14.8. The van der Waals surface area contributed by atoms with Gasteiger partial charge < -0.3 is 20.6 Å². The predicted octanol–water partition coefficient (Wildman–Crippen LogP) is 1.66. The average molecular weight is 320 g/mol. The van der Waals surface area contributed by atoms with Gasteiger partial charge in [0.25, 0.3) is 0 Å². The first-order valence-electron chi connectivity index (χ1n) is 8.57. The van der Waals surface area contributed by atoms with E-state index in [9.17, 15) is 5.11 Å². The lowest BCUT2D eigenvalue weighted by Crippen LogP contribution is -2.43. The minimum Gasteiger partial charge on any atom is -0.396 e. The van der Waals surface area contributed by atoms with Crippen LogP contribution in [0.5, 0.6) is 0 Å². The second-order valence-corrected chi connectivity index (χ2v) is 5.60. The van der Waals surface area contributed by atoms with Gasteiger partial charge in [-0.2, -0.15) is 0 Å². The van der Waals surface area contributed by atoms with Crippen LogP contribution in [-0.4, -0.2) is 62.3 Å². The van der Waals surface area contributed by atoms with Crippen molar-refractivity contribution in [2.24, 2.45) is 4.99 Å². The second-order valence-electron chi connectivity index (χ2n) is 5.60. The van der Waals surface area contributed by atoms with Crippen molar-refractivity contribution >= 4 is 5.96 Å². The quantitative estimate of drug-likeness (QED) is 0.453. The molecule has 0 saturated carbocycles. The molecule has 0 spiro atoms. The van der Waals surface area contributed by atoms with Crippen LogP contribution >= 0.6 is 0 Å². The smallest absolute Gasteiger partial charge is 0.191 e. The predicted molar refractivity (Wildman–Crippen MR) is 98.0 cm³/mol. The lowest BCUT2D eigenvalue weighted by Gasteiger charge is -2.21. The Bertz CT molecular complexity index is 436. The van der Waals surface area contributed by atoms with Crippen molar-refractivity contribution in [2.45, 2.75) is 26.2 Å². The molecule has 0 bridgehead atoms. The summed E-state index contributed by atoms with van der Waals surface area (Å²) in [5.74, 6) is 0.855. The van der Waals surface area contributed by atoms with Crippen molar-refractivity contribution in [3.63, 3.8) is 0 Å². The van der Waals surface area contributed by atoms with E-state index in [-0.39, 0.29) is 12.5 Å². The van der Waals surface area contributed by atoms with E-state index in [1.165, 1.54) is 6.42 Å². The summed E-state index contributed by atoms with van der Waals surface area (Å²) in [6, 6.07) is 10.1. The minimum absolute atomic E-state index is 0.0713. The highest BCUT2D eigenvalue weighted by Gasteiger charge is 2.10. The first kappa shape index (κ1) is 19.5. The van der Waals surface area contributed by atoms with Crippen molar-refractivity contribution in [1.29, 1.82) is 0 Å². The zero-order chi connectivity index (χ0) is 16.9. The van der Waals surface area contributed by atoms with Gasteiger partial charge in [-0.05, 0) is 25.1 Å². The maximum absolute atomic E-state index is 9.60. The molecule has 23 heavy (non-hydrogen) atoms. The summed E-state index contributed by atoms with van der Waals surface area (Å²) in [5.41, 5.74) is 1.14. The first-order valence-corrected chi connectivity index (χ1v) is 8.57. The number of nitrogens with zero attached hydrogens (tertiary/aromatic N) is 2. The van der Waals surface area contributed by atoms with Crippen molar-refractivity contribution in [2.75, 3.05) is 46.4 Å². The Morgan fingerprint density at radius 2 is 1.91 bits per heavy atom. The molecule has 1 atom stereocenters. The molecular weight excluding hydrogens is 288 g/mol. The SMILES string of the molecule is CCCN(CC)CCNC(=NC)NCC(CO)c1ccccc1. The molecule has 0 amide bonds. The Balaban J connectivity index is 2.38. The number of aliphatic hydroxyl groups excluding tert-OH is 1. The Morgan fingerprint density at radius 3 is 2.48 bits per heavy atom. The van der Waals surface area contributed by atoms with Gasteiger partial charge in [0.15, 0.2) is 5.96 Å². The Hall–Kier alpha value is -1.59. The lowest BCUT2D eigenvalue weighted by molar-refractivity contribution is 0.265. The molecule has 0 saturated heterocycles. The topological polar surface area (TPSA) is 59.9 Å². The number of rotatable bonds is 10. The Labute approximate surface area is 140 Å². The van der Waals surface area contributed by atoms with Crippen LogP contribution in [0.3, 0.4) is 0 Å².